The minimum atomic E-state index is -0.748. The minimum Gasteiger partial charge on any atom is -0.324 e. The van der Waals surface area contributed by atoms with E-state index in [2.05, 4.69) is 10.3 Å². The second-order valence-electron chi connectivity index (χ2n) is 9.87. The third kappa shape index (κ3) is 4.27. The highest BCUT2D eigenvalue weighted by Gasteiger charge is 2.56. The summed E-state index contributed by atoms with van der Waals surface area (Å²) < 4.78 is 1.42. The quantitative estimate of drug-likeness (QED) is 0.298. The molecule has 41 heavy (non-hydrogen) atoms. The van der Waals surface area contributed by atoms with E-state index in [0.717, 1.165) is 27.7 Å². The van der Waals surface area contributed by atoms with Crippen LogP contribution < -0.4 is 15.1 Å². The number of fused-ring (bicyclic) bond motifs is 3. The van der Waals surface area contributed by atoms with Gasteiger partial charge in [-0.1, -0.05) is 83.8 Å². The van der Waals surface area contributed by atoms with Crippen molar-refractivity contribution in [1.82, 2.24) is 9.55 Å². The van der Waals surface area contributed by atoms with Crippen LogP contribution in [0.5, 0.6) is 0 Å². The summed E-state index contributed by atoms with van der Waals surface area (Å²) in [6.07, 6.45) is 3.31. The Labute approximate surface area is 242 Å². The normalized spacial score (nSPS) is 19.7. The Morgan fingerprint density at radius 2 is 1.66 bits per heavy atom. The second kappa shape index (κ2) is 10.1. The Balaban J connectivity index is 1.27. The molecular formula is C31H22N4O4S2. The second-order valence-corrected chi connectivity index (χ2v) is 12.0. The van der Waals surface area contributed by atoms with Gasteiger partial charge in [-0.05, 0) is 35.2 Å². The summed E-state index contributed by atoms with van der Waals surface area (Å²) in [7, 11) is 0. The van der Waals surface area contributed by atoms with Crippen molar-refractivity contribution < 1.29 is 14.4 Å². The van der Waals surface area contributed by atoms with Crippen LogP contribution >= 0.6 is 23.1 Å². The first kappa shape index (κ1) is 25.4. The molecule has 5 aromatic rings. The molecule has 3 aromatic carbocycles. The summed E-state index contributed by atoms with van der Waals surface area (Å²) in [5, 5.41) is 4.63. The molecule has 202 valence electrons. The van der Waals surface area contributed by atoms with Crippen molar-refractivity contribution in [2.75, 3.05) is 10.2 Å². The fourth-order valence-electron chi connectivity index (χ4n) is 5.67. The van der Waals surface area contributed by atoms with Crippen molar-refractivity contribution in [3.8, 4) is 0 Å². The van der Waals surface area contributed by atoms with Crippen molar-refractivity contribution in [2.24, 2.45) is 5.92 Å². The number of aromatic nitrogens is 2. The van der Waals surface area contributed by atoms with E-state index in [1.54, 1.807) is 42.7 Å². The first-order valence-electron chi connectivity index (χ1n) is 13.0. The lowest BCUT2D eigenvalue weighted by molar-refractivity contribution is -0.122. The van der Waals surface area contributed by atoms with Crippen LogP contribution in [-0.4, -0.2) is 32.5 Å². The van der Waals surface area contributed by atoms with Crippen molar-refractivity contribution in [3.05, 3.63) is 117 Å². The lowest BCUT2D eigenvalue weighted by atomic mass is 9.84. The molecule has 1 N–H and O–H groups in total. The zero-order valence-corrected chi connectivity index (χ0v) is 23.1. The number of hydrogen-bond donors (Lipinski definition) is 1. The Bertz CT molecular complexity index is 1880. The molecule has 0 saturated carbocycles. The summed E-state index contributed by atoms with van der Waals surface area (Å²) in [5.41, 5.74) is 1.91. The molecule has 0 aliphatic carbocycles. The standard InChI is InChI=1S/C31H22N4O4S2/c36-23(33-22-14-6-9-18-8-4-5-13-21(18)22)17-34-30-27(41-31(34)39)24(19-10-7-15-32-16-19)25-26(40-30)29(38)35(28(25)37)20-11-2-1-3-12-20/h1-16,24-26H,17H2,(H,33,36). The highest BCUT2D eigenvalue weighted by molar-refractivity contribution is 8.00. The molecular weight excluding hydrogens is 556 g/mol. The lowest BCUT2D eigenvalue weighted by Crippen LogP contribution is -2.33. The predicted octanol–water partition coefficient (Wildman–Crippen LogP) is 4.89. The first-order chi connectivity index (χ1) is 20.0. The number of thiazole rings is 1. The van der Waals surface area contributed by atoms with Crippen LogP contribution in [0.4, 0.5) is 11.4 Å². The van der Waals surface area contributed by atoms with Gasteiger partial charge >= 0.3 is 4.87 Å². The molecule has 3 unspecified atom stereocenters. The first-order valence-corrected chi connectivity index (χ1v) is 14.7. The van der Waals surface area contributed by atoms with Gasteiger partial charge in [0.05, 0.1) is 16.6 Å². The topological polar surface area (TPSA) is 101 Å². The van der Waals surface area contributed by atoms with Crippen molar-refractivity contribution in [1.29, 1.82) is 0 Å². The molecule has 1 fully saturated rings. The molecule has 0 bridgehead atoms. The molecule has 7 rings (SSSR count). The number of pyridine rings is 1. The number of amides is 3. The number of benzene rings is 3. The van der Waals surface area contributed by atoms with Crippen molar-refractivity contribution in [3.63, 3.8) is 0 Å². The van der Waals surface area contributed by atoms with E-state index in [9.17, 15) is 19.2 Å². The highest BCUT2D eigenvalue weighted by Crippen LogP contribution is 2.53. The van der Waals surface area contributed by atoms with Gasteiger partial charge in [-0.25, -0.2) is 4.90 Å². The van der Waals surface area contributed by atoms with E-state index in [0.29, 0.717) is 21.3 Å². The van der Waals surface area contributed by atoms with Gasteiger partial charge in [-0.3, -0.25) is 28.7 Å². The van der Waals surface area contributed by atoms with Gasteiger partial charge in [0, 0.05) is 34.3 Å². The zero-order valence-electron chi connectivity index (χ0n) is 21.5. The number of nitrogens with one attached hydrogen (secondary N) is 1. The van der Waals surface area contributed by atoms with Gasteiger partial charge in [0.1, 0.15) is 11.8 Å². The summed E-state index contributed by atoms with van der Waals surface area (Å²) in [6.45, 7) is -0.220. The maximum Gasteiger partial charge on any atom is 0.308 e. The summed E-state index contributed by atoms with van der Waals surface area (Å²) in [5.74, 6) is -2.25. The molecule has 0 radical (unpaired) electrons. The minimum absolute atomic E-state index is 0.220. The number of para-hydroxylation sites is 1. The molecule has 4 heterocycles. The molecule has 0 spiro atoms. The van der Waals surface area contributed by atoms with Crippen LogP contribution in [0.25, 0.3) is 10.8 Å². The summed E-state index contributed by atoms with van der Waals surface area (Å²) in [4.78, 5) is 60.1. The van der Waals surface area contributed by atoms with Gasteiger partial charge in [0.2, 0.25) is 17.7 Å². The van der Waals surface area contributed by atoms with Crippen LogP contribution in [0.1, 0.15) is 16.4 Å². The van der Waals surface area contributed by atoms with E-state index in [1.807, 2.05) is 54.6 Å². The molecule has 2 aliphatic heterocycles. The average Bonchev–Trinajstić information content (AvgIpc) is 3.44. The lowest BCUT2D eigenvalue weighted by Gasteiger charge is -2.30. The monoisotopic (exact) mass is 578 g/mol. The van der Waals surface area contributed by atoms with Gasteiger partial charge in [0.15, 0.2) is 0 Å². The Morgan fingerprint density at radius 1 is 0.878 bits per heavy atom. The number of rotatable bonds is 5. The van der Waals surface area contributed by atoms with E-state index >= 15 is 0 Å². The Kier molecular flexibility index (Phi) is 6.29. The van der Waals surface area contributed by atoms with Gasteiger partial charge in [-0.15, -0.1) is 0 Å². The molecule has 1 saturated heterocycles. The Morgan fingerprint density at radius 3 is 2.46 bits per heavy atom. The summed E-state index contributed by atoms with van der Waals surface area (Å²) in [6, 6.07) is 25.9. The van der Waals surface area contributed by atoms with E-state index in [4.69, 9.17) is 0 Å². The fraction of sp³-hybridized carbons (Fsp3) is 0.129. The SMILES string of the molecule is O=C(Cn1c2c(sc1=O)C(c1cccnc1)C1C(=O)N(c3ccccc3)C(=O)C1S2)Nc1cccc2ccccc12. The van der Waals surface area contributed by atoms with Crippen LogP contribution in [0.15, 0.2) is 107 Å². The van der Waals surface area contributed by atoms with Crippen LogP contribution in [0.3, 0.4) is 0 Å². The molecule has 3 atom stereocenters. The van der Waals surface area contributed by atoms with Gasteiger partial charge in [-0.2, -0.15) is 0 Å². The van der Waals surface area contributed by atoms with Crippen LogP contribution in [-0.2, 0) is 20.9 Å². The number of carbonyl (C=O) groups excluding carboxylic acids is 3. The van der Waals surface area contributed by atoms with E-state index in [1.165, 1.54) is 21.2 Å². The van der Waals surface area contributed by atoms with Crippen molar-refractivity contribution in [2.45, 2.75) is 22.7 Å². The predicted molar refractivity (Wildman–Crippen MR) is 159 cm³/mol. The summed E-state index contributed by atoms with van der Waals surface area (Å²) >= 11 is 2.21. The van der Waals surface area contributed by atoms with Crippen LogP contribution in [0, 0.1) is 5.92 Å². The number of anilines is 2. The van der Waals surface area contributed by atoms with Gasteiger partial charge in [0.25, 0.3) is 0 Å². The van der Waals surface area contributed by atoms with Crippen molar-refractivity contribution >= 4 is 63.0 Å². The van der Waals surface area contributed by atoms with Crippen LogP contribution in [0.2, 0.25) is 0 Å². The molecule has 3 amide bonds. The number of hydrogen-bond acceptors (Lipinski definition) is 7. The van der Waals surface area contributed by atoms with E-state index < -0.39 is 17.1 Å². The number of carbonyl (C=O) groups is 3. The molecule has 8 nitrogen and oxygen atoms in total. The molecule has 2 aliphatic rings. The molecule has 10 heteroatoms. The smallest absolute Gasteiger partial charge is 0.308 e. The Hall–Kier alpha value is -4.54. The van der Waals surface area contributed by atoms with Gasteiger partial charge < -0.3 is 5.32 Å². The average molecular weight is 579 g/mol. The van der Waals surface area contributed by atoms with E-state index in [-0.39, 0.29) is 29.1 Å². The fourth-order valence-corrected chi connectivity index (χ4v) is 8.45. The number of imide groups is 1. The maximum atomic E-state index is 13.9. The number of thioether (sulfide) groups is 1. The zero-order chi connectivity index (χ0) is 28.1. The molecule has 2 aromatic heterocycles. The largest absolute Gasteiger partial charge is 0.324 e. The maximum absolute atomic E-state index is 13.9. The third-order valence-corrected chi connectivity index (χ3v) is 10.1. The highest BCUT2D eigenvalue weighted by atomic mass is 32.2. The third-order valence-electron chi connectivity index (χ3n) is 7.47. The number of nitrogens with zero attached hydrogens (tertiary/aromatic N) is 3.